The highest BCUT2D eigenvalue weighted by Gasteiger charge is 2.36. The van der Waals surface area contributed by atoms with Crippen molar-refractivity contribution < 1.29 is 17.9 Å². The lowest BCUT2D eigenvalue weighted by Gasteiger charge is -2.15. The van der Waals surface area contributed by atoms with Crippen LogP contribution in [-0.2, 0) is 12.8 Å². The maximum atomic E-state index is 13.7. The molecule has 0 N–H and O–H groups in total. The van der Waals surface area contributed by atoms with Gasteiger partial charge in [-0.3, -0.25) is 0 Å². The van der Waals surface area contributed by atoms with Gasteiger partial charge in [-0.05, 0) is 22.4 Å². The maximum absolute atomic E-state index is 13.7. The lowest BCUT2D eigenvalue weighted by atomic mass is 10.0. The monoisotopic (exact) mass is 354 g/mol. The van der Waals surface area contributed by atoms with Crippen LogP contribution in [0.15, 0.2) is 67.0 Å². The number of rotatable bonds is 3. The summed E-state index contributed by atoms with van der Waals surface area (Å²) in [5.41, 5.74) is -0.0251. The smallest absolute Gasteiger partial charge is 0.419 e. The molecule has 3 nitrogen and oxygen atoms in total. The number of aromatic nitrogens is 2. The molecule has 0 aliphatic carbocycles. The summed E-state index contributed by atoms with van der Waals surface area (Å²) < 4.78 is 46.9. The summed E-state index contributed by atoms with van der Waals surface area (Å²) in [6, 6.07) is 17.4. The Hall–Kier alpha value is -3.15. The highest BCUT2D eigenvalue weighted by atomic mass is 19.4. The van der Waals surface area contributed by atoms with Gasteiger partial charge in [0.1, 0.15) is 12.9 Å². The Balaban J connectivity index is 1.89. The van der Waals surface area contributed by atoms with Crippen molar-refractivity contribution >= 4 is 21.7 Å². The second-order valence-corrected chi connectivity index (χ2v) is 5.82. The van der Waals surface area contributed by atoms with E-state index in [9.17, 15) is 13.2 Å². The third-order valence-corrected chi connectivity index (χ3v) is 4.12. The van der Waals surface area contributed by atoms with E-state index in [1.165, 1.54) is 6.07 Å². The van der Waals surface area contributed by atoms with Gasteiger partial charge < -0.3 is 4.74 Å². The molecule has 130 valence electrons. The number of fused-ring (bicyclic) bond motifs is 2. The highest BCUT2D eigenvalue weighted by molar-refractivity contribution is 6.02. The van der Waals surface area contributed by atoms with Crippen LogP contribution >= 0.6 is 0 Å². The maximum Gasteiger partial charge on any atom is 0.419 e. The predicted octanol–water partition coefficient (Wildman–Crippen LogP) is 5.38. The first-order valence-corrected chi connectivity index (χ1v) is 7.94. The number of halogens is 3. The molecule has 1 heterocycles. The molecule has 4 aromatic rings. The second-order valence-electron chi connectivity index (χ2n) is 5.82. The molecular weight excluding hydrogens is 341 g/mol. The van der Waals surface area contributed by atoms with Gasteiger partial charge in [-0.1, -0.05) is 54.6 Å². The topological polar surface area (TPSA) is 35.0 Å². The Bertz CT molecular complexity index is 1080. The van der Waals surface area contributed by atoms with Gasteiger partial charge in [0, 0.05) is 0 Å². The van der Waals surface area contributed by atoms with E-state index in [0.29, 0.717) is 5.39 Å². The van der Waals surface area contributed by atoms with Gasteiger partial charge in [-0.15, -0.1) is 0 Å². The lowest BCUT2D eigenvalue weighted by molar-refractivity contribution is -0.135. The third-order valence-electron chi connectivity index (χ3n) is 4.12. The summed E-state index contributed by atoms with van der Waals surface area (Å²) >= 11 is 0. The van der Waals surface area contributed by atoms with Crippen molar-refractivity contribution in [3.8, 4) is 5.88 Å². The number of hydrogen-bond acceptors (Lipinski definition) is 3. The molecule has 26 heavy (non-hydrogen) atoms. The lowest BCUT2D eigenvalue weighted by Crippen LogP contribution is -2.09. The summed E-state index contributed by atoms with van der Waals surface area (Å²) in [6.07, 6.45) is -3.43. The van der Waals surface area contributed by atoms with Crippen LogP contribution in [0.1, 0.15) is 11.1 Å². The Kier molecular flexibility index (Phi) is 3.95. The average molecular weight is 354 g/mol. The Labute approximate surface area is 147 Å². The number of alkyl halides is 3. The fourth-order valence-corrected chi connectivity index (χ4v) is 2.97. The van der Waals surface area contributed by atoms with Crippen molar-refractivity contribution in [3.63, 3.8) is 0 Å². The van der Waals surface area contributed by atoms with Gasteiger partial charge in [0.05, 0.1) is 16.5 Å². The molecule has 1 aromatic heterocycles. The van der Waals surface area contributed by atoms with E-state index in [2.05, 4.69) is 9.97 Å². The molecule has 0 amide bonds. The van der Waals surface area contributed by atoms with E-state index in [-0.39, 0.29) is 28.8 Å². The van der Waals surface area contributed by atoms with E-state index in [1.54, 1.807) is 24.3 Å². The van der Waals surface area contributed by atoms with Gasteiger partial charge in [-0.2, -0.15) is 13.2 Å². The molecule has 0 spiro atoms. The first-order valence-electron chi connectivity index (χ1n) is 7.94. The van der Waals surface area contributed by atoms with Crippen LogP contribution < -0.4 is 4.74 Å². The van der Waals surface area contributed by atoms with E-state index >= 15 is 0 Å². The molecule has 0 saturated carbocycles. The number of hydrogen-bond donors (Lipinski definition) is 0. The molecule has 0 bridgehead atoms. The summed E-state index contributed by atoms with van der Waals surface area (Å²) in [5.74, 6) is 0.134. The van der Waals surface area contributed by atoms with Crippen LogP contribution in [0.4, 0.5) is 13.2 Å². The molecule has 0 fully saturated rings. The molecule has 0 saturated heterocycles. The summed E-state index contributed by atoms with van der Waals surface area (Å²) in [4.78, 5) is 7.95. The van der Waals surface area contributed by atoms with Gasteiger partial charge >= 0.3 is 6.18 Å². The van der Waals surface area contributed by atoms with Crippen LogP contribution in [0, 0.1) is 0 Å². The number of nitrogens with zero attached hydrogens (tertiary/aromatic N) is 2. The molecule has 0 atom stereocenters. The predicted molar refractivity (Wildman–Crippen MR) is 92.8 cm³/mol. The molecule has 0 aliphatic heterocycles. The molecule has 0 aliphatic rings. The molecule has 0 radical (unpaired) electrons. The minimum Gasteiger partial charge on any atom is -0.472 e. The number of ether oxygens (including phenoxy) is 1. The molecule has 6 heteroatoms. The fraction of sp³-hybridized carbons (Fsp3) is 0.100. The normalized spacial score (nSPS) is 11.8. The third kappa shape index (κ3) is 2.94. The van der Waals surface area contributed by atoms with Gasteiger partial charge in [-0.25, -0.2) is 9.97 Å². The zero-order valence-corrected chi connectivity index (χ0v) is 13.5. The van der Waals surface area contributed by atoms with E-state index in [0.717, 1.165) is 11.9 Å². The standard InChI is InChI=1S/C20H13F3N2O/c21-20(22,23)17-15-9-5-4-8-14(15)10-16-18(17)24-12-25-19(16)26-11-13-6-2-1-3-7-13/h1-10,12H,11H2. The Morgan fingerprint density at radius 1 is 0.846 bits per heavy atom. The van der Waals surface area contributed by atoms with E-state index in [4.69, 9.17) is 4.74 Å². The number of benzene rings is 3. The van der Waals surface area contributed by atoms with Crippen molar-refractivity contribution in [2.24, 2.45) is 0 Å². The molecule has 3 aromatic carbocycles. The van der Waals surface area contributed by atoms with E-state index < -0.39 is 11.7 Å². The SMILES string of the molecule is FC(F)(F)c1c2ccccc2cc2c(OCc3ccccc3)ncnc12. The zero-order valence-electron chi connectivity index (χ0n) is 13.5. The van der Waals surface area contributed by atoms with Gasteiger partial charge in [0.25, 0.3) is 0 Å². The highest BCUT2D eigenvalue weighted by Crippen LogP contribution is 2.41. The van der Waals surface area contributed by atoms with Crippen LogP contribution in [0.2, 0.25) is 0 Å². The van der Waals surface area contributed by atoms with Crippen LogP contribution in [-0.4, -0.2) is 9.97 Å². The minimum atomic E-state index is -4.54. The first kappa shape index (κ1) is 16.3. The fourth-order valence-electron chi connectivity index (χ4n) is 2.97. The molecule has 4 rings (SSSR count). The van der Waals surface area contributed by atoms with Crippen molar-refractivity contribution in [3.05, 3.63) is 78.1 Å². The van der Waals surface area contributed by atoms with Crippen LogP contribution in [0.3, 0.4) is 0 Å². The van der Waals surface area contributed by atoms with Crippen LogP contribution in [0.5, 0.6) is 5.88 Å². The molecular formula is C20H13F3N2O. The summed E-state index contributed by atoms with van der Waals surface area (Å²) in [5, 5.41) is 0.821. The molecule has 0 unspecified atom stereocenters. The quantitative estimate of drug-likeness (QED) is 0.463. The minimum absolute atomic E-state index is 0.111. The second kappa shape index (κ2) is 6.29. The van der Waals surface area contributed by atoms with Crippen molar-refractivity contribution in [2.75, 3.05) is 0 Å². The Morgan fingerprint density at radius 3 is 2.35 bits per heavy atom. The van der Waals surface area contributed by atoms with Crippen LogP contribution in [0.25, 0.3) is 21.7 Å². The van der Waals surface area contributed by atoms with Gasteiger partial charge in [0.2, 0.25) is 5.88 Å². The van der Waals surface area contributed by atoms with E-state index in [1.807, 2.05) is 30.3 Å². The van der Waals surface area contributed by atoms with Crippen molar-refractivity contribution in [1.82, 2.24) is 9.97 Å². The first-order chi connectivity index (χ1) is 12.5. The average Bonchev–Trinajstić information content (AvgIpc) is 2.64. The summed E-state index contributed by atoms with van der Waals surface area (Å²) in [6.45, 7) is 0.209. The zero-order chi connectivity index (χ0) is 18.1. The summed E-state index contributed by atoms with van der Waals surface area (Å²) in [7, 11) is 0. The van der Waals surface area contributed by atoms with Crippen molar-refractivity contribution in [1.29, 1.82) is 0 Å². The van der Waals surface area contributed by atoms with Crippen molar-refractivity contribution in [2.45, 2.75) is 12.8 Å². The van der Waals surface area contributed by atoms with Gasteiger partial charge in [0.15, 0.2) is 0 Å². The Morgan fingerprint density at radius 2 is 1.58 bits per heavy atom. The largest absolute Gasteiger partial charge is 0.472 e.